The second-order valence-corrected chi connectivity index (χ2v) is 6.77. The minimum absolute atomic E-state index is 0.118. The molecule has 0 fully saturated rings. The van der Waals surface area contributed by atoms with Gasteiger partial charge in [-0.2, -0.15) is 0 Å². The molecule has 0 spiro atoms. The molecule has 0 aromatic carbocycles. The van der Waals surface area contributed by atoms with Gasteiger partial charge in [0.05, 0.1) is 0 Å². The normalized spacial score (nSPS) is 13.3. The molecule has 1 heterocycles. The van der Waals surface area contributed by atoms with Gasteiger partial charge < -0.3 is 15.4 Å². The van der Waals surface area contributed by atoms with Crippen LogP contribution in [-0.2, 0) is 14.8 Å². The molecule has 21 heavy (non-hydrogen) atoms. The number of carboxylic acids is 1. The van der Waals surface area contributed by atoms with Gasteiger partial charge in [0.25, 0.3) is 0 Å². The summed E-state index contributed by atoms with van der Waals surface area (Å²) in [6.07, 6.45) is 1.11. The Morgan fingerprint density at radius 2 is 1.95 bits per heavy atom. The molecule has 8 nitrogen and oxygen atoms in total. The third-order valence-corrected chi connectivity index (χ3v) is 4.33. The first-order valence-corrected chi connectivity index (χ1v) is 7.78. The summed E-state index contributed by atoms with van der Waals surface area (Å²) in [7, 11) is -3.92. The molecule has 0 radical (unpaired) electrons. The van der Waals surface area contributed by atoms with Crippen LogP contribution in [0.2, 0.25) is 0 Å². The lowest BCUT2D eigenvalue weighted by Gasteiger charge is -2.11. The number of aromatic nitrogens is 1. The molecule has 1 rings (SSSR count). The average molecular weight is 317 g/mol. The maximum atomic E-state index is 12.2. The van der Waals surface area contributed by atoms with Crippen molar-refractivity contribution in [3.05, 3.63) is 18.0 Å². The molecular weight excluding hydrogens is 298 g/mol. The van der Waals surface area contributed by atoms with Crippen LogP contribution >= 0.6 is 0 Å². The minimum atomic E-state index is -3.92. The topological polar surface area (TPSA) is 131 Å². The summed E-state index contributed by atoms with van der Waals surface area (Å²) in [5.74, 6) is -1.84. The number of carbonyl (C=O) groups excluding carboxylic acids is 1. The number of nitrogens with one attached hydrogen (secondary N) is 1. The van der Waals surface area contributed by atoms with Crippen molar-refractivity contribution in [2.45, 2.75) is 44.2 Å². The van der Waals surface area contributed by atoms with Crippen LogP contribution in [0.5, 0.6) is 0 Å². The number of carboxylic acid groups (broad SMARTS) is 1. The molecule has 4 N–H and O–H groups in total. The van der Waals surface area contributed by atoms with E-state index in [1.54, 1.807) is 13.8 Å². The molecule has 9 heteroatoms. The van der Waals surface area contributed by atoms with Crippen LogP contribution in [0, 0.1) is 0 Å². The second kappa shape index (κ2) is 6.27. The SMILES string of the molecule is CC(CC(N)=O)NS(=O)(=O)c1cc(C(=O)O)n(C(C)C)c1. The van der Waals surface area contributed by atoms with Gasteiger partial charge in [0.2, 0.25) is 15.9 Å². The van der Waals surface area contributed by atoms with Crippen LogP contribution in [0.25, 0.3) is 0 Å². The molecule has 0 bridgehead atoms. The smallest absolute Gasteiger partial charge is 0.352 e. The Hall–Kier alpha value is -1.87. The van der Waals surface area contributed by atoms with Gasteiger partial charge in [0.15, 0.2) is 0 Å². The number of primary amides is 1. The predicted octanol–water partition coefficient (Wildman–Crippen LogP) is 0.309. The highest BCUT2D eigenvalue weighted by Gasteiger charge is 2.24. The molecule has 118 valence electrons. The van der Waals surface area contributed by atoms with E-state index in [0.717, 1.165) is 6.07 Å². The number of carbonyl (C=O) groups is 2. The van der Waals surface area contributed by atoms with Crippen molar-refractivity contribution in [1.82, 2.24) is 9.29 Å². The lowest BCUT2D eigenvalue weighted by atomic mass is 10.2. The molecule has 1 unspecified atom stereocenters. The fourth-order valence-corrected chi connectivity index (χ4v) is 3.14. The molecular formula is C12H19N3O5S. The van der Waals surface area contributed by atoms with Crippen LogP contribution in [0.15, 0.2) is 17.2 Å². The Kier molecular flexibility index (Phi) is 5.13. The summed E-state index contributed by atoms with van der Waals surface area (Å²) < 4.78 is 28.0. The third-order valence-electron chi connectivity index (χ3n) is 2.77. The van der Waals surface area contributed by atoms with Gasteiger partial charge in [0, 0.05) is 24.7 Å². The van der Waals surface area contributed by atoms with Crippen molar-refractivity contribution in [1.29, 1.82) is 0 Å². The summed E-state index contributed by atoms with van der Waals surface area (Å²) in [5.41, 5.74) is 4.89. The Labute approximate surface area is 123 Å². The van der Waals surface area contributed by atoms with Crippen LogP contribution < -0.4 is 10.5 Å². The summed E-state index contributed by atoms with van der Waals surface area (Å²) in [6.45, 7) is 4.98. The Balaban J connectivity index is 3.12. The van der Waals surface area contributed by atoms with Crippen molar-refractivity contribution in [2.75, 3.05) is 0 Å². The number of amides is 1. The number of hydrogen-bond acceptors (Lipinski definition) is 4. The summed E-state index contributed by atoms with van der Waals surface area (Å²) in [5, 5.41) is 9.10. The van der Waals surface area contributed by atoms with Crippen LogP contribution in [0.3, 0.4) is 0 Å². The standard InChI is InChI=1S/C12H19N3O5S/c1-7(2)15-6-9(5-10(15)12(17)18)21(19,20)14-8(3)4-11(13)16/h5-8,14H,4H2,1-3H3,(H2,13,16)(H,17,18). The van der Waals surface area contributed by atoms with Crippen molar-refractivity contribution >= 4 is 21.9 Å². The van der Waals surface area contributed by atoms with Gasteiger partial charge in [-0.15, -0.1) is 0 Å². The number of nitrogens with zero attached hydrogens (tertiary/aromatic N) is 1. The van der Waals surface area contributed by atoms with E-state index < -0.39 is 27.9 Å². The zero-order valence-corrected chi connectivity index (χ0v) is 12.8. The first-order valence-electron chi connectivity index (χ1n) is 6.30. The lowest BCUT2D eigenvalue weighted by Crippen LogP contribution is -2.35. The zero-order chi connectivity index (χ0) is 16.4. The number of rotatable bonds is 7. The van der Waals surface area contributed by atoms with Gasteiger partial charge in [0.1, 0.15) is 10.6 Å². The van der Waals surface area contributed by atoms with E-state index in [0.29, 0.717) is 0 Å². The maximum absolute atomic E-state index is 12.2. The first kappa shape index (κ1) is 17.2. The first-order chi connectivity index (χ1) is 9.54. The Morgan fingerprint density at radius 1 is 1.38 bits per heavy atom. The van der Waals surface area contributed by atoms with Crippen LogP contribution in [0.1, 0.15) is 43.7 Å². The van der Waals surface area contributed by atoms with Gasteiger partial charge in [-0.3, -0.25) is 4.79 Å². The van der Waals surface area contributed by atoms with Crippen LogP contribution in [0.4, 0.5) is 0 Å². The molecule has 0 aliphatic heterocycles. The number of hydrogen-bond donors (Lipinski definition) is 3. The van der Waals surface area contributed by atoms with E-state index in [-0.39, 0.29) is 23.1 Å². The molecule has 0 aliphatic carbocycles. The van der Waals surface area contributed by atoms with E-state index in [9.17, 15) is 18.0 Å². The highest BCUT2D eigenvalue weighted by Crippen LogP contribution is 2.19. The van der Waals surface area contributed by atoms with Crippen molar-refractivity contribution in [2.24, 2.45) is 5.73 Å². The van der Waals surface area contributed by atoms with Gasteiger partial charge in [-0.25, -0.2) is 17.9 Å². The monoisotopic (exact) mass is 317 g/mol. The molecule has 1 aromatic rings. The quantitative estimate of drug-likeness (QED) is 0.666. The fraction of sp³-hybridized carbons (Fsp3) is 0.500. The Morgan fingerprint density at radius 3 is 2.33 bits per heavy atom. The van der Waals surface area contributed by atoms with Crippen molar-refractivity contribution < 1.29 is 23.1 Å². The van der Waals surface area contributed by atoms with Crippen LogP contribution in [-0.4, -0.2) is 36.0 Å². The number of sulfonamides is 1. The Bertz CT molecular complexity index is 648. The van der Waals surface area contributed by atoms with Gasteiger partial charge in [-0.1, -0.05) is 0 Å². The molecule has 0 aliphatic rings. The van der Waals surface area contributed by atoms with Gasteiger partial charge >= 0.3 is 5.97 Å². The summed E-state index contributed by atoms with van der Waals surface area (Å²) in [4.78, 5) is 21.7. The number of aromatic carboxylic acids is 1. The summed E-state index contributed by atoms with van der Waals surface area (Å²) in [6, 6.07) is 0.202. The van der Waals surface area contributed by atoms with E-state index in [1.165, 1.54) is 17.7 Å². The highest BCUT2D eigenvalue weighted by molar-refractivity contribution is 7.89. The third kappa shape index (κ3) is 4.30. The largest absolute Gasteiger partial charge is 0.477 e. The van der Waals surface area contributed by atoms with Crippen molar-refractivity contribution in [3.63, 3.8) is 0 Å². The minimum Gasteiger partial charge on any atom is -0.477 e. The van der Waals surface area contributed by atoms with E-state index in [2.05, 4.69) is 4.72 Å². The van der Waals surface area contributed by atoms with E-state index in [4.69, 9.17) is 10.8 Å². The van der Waals surface area contributed by atoms with Crippen molar-refractivity contribution in [3.8, 4) is 0 Å². The maximum Gasteiger partial charge on any atom is 0.352 e. The summed E-state index contributed by atoms with van der Waals surface area (Å²) >= 11 is 0. The van der Waals surface area contributed by atoms with Gasteiger partial charge in [-0.05, 0) is 26.8 Å². The van der Waals surface area contributed by atoms with E-state index in [1.807, 2.05) is 0 Å². The number of nitrogens with two attached hydrogens (primary N) is 1. The second-order valence-electron chi connectivity index (χ2n) is 5.06. The highest BCUT2D eigenvalue weighted by atomic mass is 32.2. The molecule has 1 amide bonds. The average Bonchev–Trinajstić information content (AvgIpc) is 2.71. The lowest BCUT2D eigenvalue weighted by molar-refractivity contribution is -0.118. The molecule has 1 aromatic heterocycles. The predicted molar refractivity (Wildman–Crippen MR) is 75.4 cm³/mol. The molecule has 0 saturated carbocycles. The molecule has 0 saturated heterocycles. The zero-order valence-electron chi connectivity index (χ0n) is 12.0. The molecule has 1 atom stereocenters. The fourth-order valence-electron chi connectivity index (χ4n) is 1.88. The van der Waals surface area contributed by atoms with E-state index >= 15 is 0 Å².